The van der Waals surface area contributed by atoms with E-state index in [4.69, 9.17) is 13.7 Å². The molecular weight excluding hydrogens is 345 g/mol. The molecule has 0 saturated heterocycles. The van der Waals surface area contributed by atoms with Crippen LogP contribution in [0.3, 0.4) is 0 Å². The largest absolute Gasteiger partial charge is 0.459 e. The van der Waals surface area contributed by atoms with Gasteiger partial charge in [0, 0.05) is 5.56 Å². The number of aryl methyl sites for hydroxylation is 1. The van der Waals surface area contributed by atoms with Crippen molar-refractivity contribution in [3.05, 3.63) is 59.6 Å². The summed E-state index contributed by atoms with van der Waals surface area (Å²) in [5.41, 5.74) is 0.947. The molecule has 1 aromatic carbocycles. The Kier molecular flexibility index (Phi) is 5.07. The molecule has 8 nitrogen and oxygen atoms in total. The molecule has 2 heterocycles. The van der Waals surface area contributed by atoms with Crippen molar-refractivity contribution in [1.29, 1.82) is 0 Å². The number of esters is 1. The number of rotatable bonds is 6. The van der Waals surface area contributed by atoms with Crippen molar-refractivity contribution in [2.24, 2.45) is 0 Å². The van der Waals surface area contributed by atoms with Gasteiger partial charge in [0.05, 0.1) is 6.26 Å². The number of benzene rings is 1. The van der Waals surface area contributed by atoms with Crippen LogP contribution < -0.4 is 5.32 Å². The third kappa shape index (κ3) is 4.12. The van der Waals surface area contributed by atoms with E-state index in [1.807, 2.05) is 0 Å². The molecule has 0 radical (unpaired) electrons. The molecule has 3 rings (SSSR count). The molecule has 0 aliphatic rings. The van der Waals surface area contributed by atoms with Gasteiger partial charge in [0.1, 0.15) is 12.4 Å². The highest BCUT2D eigenvalue weighted by molar-refractivity contribution is 5.93. The Balaban J connectivity index is 1.50. The van der Waals surface area contributed by atoms with Crippen molar-refractivity contribution in [1.82, 2.24) is 15.5 Å². The summed E-state index contributed by atoms with van der Waals surface area (Å²) in [4.78, 5) is 27.3. The Morgan fingerprint density at radius 2 is 2.15 bits per heavy atom. The van der Waals surface area contributed by atoms with Gasteiger partial charge in [-0.25, -0.2) is 4.39 Å². The number of nitrogens with one attached hydrogen (secondary N) is 1. The SMILES string of the molecule is Cc1ccc(-c2noc(COC(=O)CNC(=O)c3ccco3)n2)cc1F. The Morgan fingerprint density at radius 1 is 1.31 bits per heavy atom. The van der Waals surface area contributed by atoms with Crippen molar-refractivity contribution >= 4 is 11.9 Å². The molecule has 3 aromatic rings. The fraction of sp³-hybridized carbons (Fsp3) is 0.176. The van der Waals surface area contributed by atoms with Crippen LogP contribution in [0.4, 0.5) is 4.39 Å². The van der Waals surface area contributed by atoms with Crippen molar-refractivity contribution in [2.45, 2.75) is 13.5 Å². The molecule has 1 amide bonds. The van der Waals surface area contributed by atoms with E-state index in [1.54, 1.807) is 25.1 Å². The summed E-state index contributed by atoms with van der Waals surface area (Å²) < 4.78 is 28.4. The molecule has 0 saturated carbocycles. The van der Waals surface area contributed by atoms with Gasteiger partial charge in [-0.15, -0.1) is 0 Å². The second-order valence-corrected chi connectivity index (χ2v) is 5.30. The number of furan rings is 1. The molecule has 0 fully saturated rings. The van der Waals surface area contributed by atoms with Crippen LogP contribution in [-0.4, -0.2) is 28.6 Å². The van der Waals surface area contributed by atoms with Crippen molar-refractivity contribution in [3.63, 3.8) is 0 Å². The Hall–Kier alpha value is -3.49. The van der Waals surface area contributed by atoms with Crippen LogP contribution in [0.2, 0.25) is 0 Å². The normalized spacial score (nSPS) is 10.5. The van der Waals surface area contributed by atoms with E-state index in [9.17, 15) is 14.0 Å². The molecule has 0 aliphatic carbocycles. The van der Waals surface area contributed by atoms with Crippen LogP contribution in [0, 0.1) is 12.7 Å². The van der Waals surface area contributed by atoms with Gasteiger partial charge in [-0.05, 0) is 30.7 Å². The molecule has 9 heteroatoms. The zero-order valence-electron chi connectivity index (χ0n) is 13.7. The van der Waals surface area contributed by atoms with Crippen molar-refractivity contribution in [2.75, 3.05) is 6.54 Å². The number of halogens is 1. The summed E-state index contributed by atoms with van der Waals surface area (Å²) in [6.07, 6.45) is 1.35. The number of ether oxygens (including phenoxy) is 1. The Labute approximate surface area is 147 Å². The third-order valence-electron chi connectivity index (χ3n) is 3.39. The van der Waals surface area contributed by atoms with Crippen molar-refractivity contribution < 1.29 is 27.7 Å². The highest BCUT2D eigenvalue weighted by Crippen LogP contribution is 2.19. The number of hydrogen-bond acceptors (Lipinski definition) is 7. The fourth-order valence-electron chi connectivity index (χ4n) is 2.00. The van der Waals surface area contributed by atoms with E-state index in [0.717, 1.165) is 0 Å². The number of hydrogen-bond donors (Lipinski definition) is 1. The van der Waals surface area contributed by atoms with Crippen molar-refractivity contribution in [3.8, 4) is 11.4 Å². The number of carbonyl (C=O) groups excluding carboxylic acids is 2. The Morgan fingerprint density at radius 3 is 2.88 bits per heavy atom. The summed E-state index contributed by atoms with van der Waals surface area (Å²) in [5, 5.41) is 6.07. The van der Waals surface area contributed by atoms with E-state index >= 15 is 0 Å². The maximum atomic E-state index is 13.6. The fourth-order valence-corrected chi connectivity index (χ4v) is 2.00. The molecule has 0 aliphatic heterocycles. The lowest BCUT2D eigenvalue weighted by atomic mass is 10.1. The molecular formula is C17H14FN3O5. The first-order valence-corrected chi connectivity index (χ1v) is 7.59. The van der Waals surface area contributed by atoms with Crippen LogP contribution in [0.25, 0.3) is 11.4 Å². The summed E-state index contributed by atoms with van der Waals surface area (Å²) in [6, 6.07) is 7.57. The van der Waals surface area contributed by atoms with Crippen LogP contribution in [0.15, 0.2) is 45.5 Å². The summed E-state index contributed by atoms with van der Waals surface area (Å²) in [6.45, 7) is 1.03. The minimum atomic E-state index is -0.689. The lowest BCUT2D eigenvalue weighted by Gasteiger charge is -2.03. The Bertz CT molecular complexity index is 920. The molecule has 0 unspecified atom stereocenters. The topological polar surface area (TPSA) is 107 Å². The number of nitrogens with zero attached hydrogens (tertiary/aromatic N) is 2. The predicted molar refractivity (Wildman–Crippen MR) is 85.3 cm³/mol. The van der Waals surface area contributed by atoms with Gasteiger partial charge in [0.2, 0.25) is 5.82 Å². The minimum Gasteiger partial charge on any atom is -0.459 e. The number of amides is 1. The highest BCUT2D eigenvalue weighted by atomic mass is 19.1. The van der Waals surface area contributed by atoms with Gasteiger partial charge >= 0.3 is 5.97 Å². The van der Waals surface area contributed by atoms with E-state index in [1.165, 1.54) is 18.4 Å². The zero-order valence-corrected chi connectivity index (χ0v) is 13.7. The molecule has 134 valence electrons. The smallest absolute Gasteiger partial charge is 0.325 e. The second kappa shape index (κ2) is 7.60. The average molecular weight is 359 g/mol. The zero-order chi connectivity index (χ0) is 18.5. The second-order valence-electron chi connectivity index (χ2n) is 5.30. The first kappa shape index (κ1) is 17.3. The van der Waals surface area contributed by atoms with Gasteiger partial charge in [-0.2, -0.15) is 4.98 Å². The first-order valence-electron chi connectivity index (χ1n) is 7.59. The van der Waals surface area contributed by atoms with Crippen LogP contribution in [-0.2, 0) is 16.1 Å². The standard InChI is InChI=1S/C17H14FN3O5/c1-10-4-5-11(7-12(10)18)16-20-14(26-21-16)9-25-15(22)8-19-17(23)13-3-2-6-24-13/h2-7H,8-9H2,1H3,(H,19,23). The molecule has 26 heavy (non-hydrogen) atoms. The summed E-state index contributed by atoms with van der Waals surface area (Å²) in [7, 11) is 0. The van der Waals surface area contributed by atoms with Gasteiger partial charge in [-0.1, -0.05) is 17.3 Å². The summed E-state index contributed by atoms with van der Waals surface area (Å²) >= 11 is 0. The van der Waals surface area contributed by atoms with E-state index in [-0.39, 0.29) is 36.4 Å². The van der Waals surface area contributed by atoms with Gasteiger partial charge in [0.15, 0.2) is 12.4 Å². The van der Waals surface area contributed by atoms with Gasteiger partial charge in [-0.3, -0.25) is 9.59 Å². The maximum absolute atomic E-state index is 13.6. The quantitative estimate of drug-likeness (QED) is 0.673. The number of carbonyl (C=O) groups is 2. The van der Waals surface area contributed by atoms with Gasteiger partial charge in [0.25, 0.3) is 11.8 Å². The molecule has 0 bridgehead atoms. The molecule has 0 spiro atoms. The van der Waals surface area contributed by atoms with E-state index in [2.05, 4.69) is 15.5 Å². The first-order chi connectivity index (χ1) is 12.5. The lowest BCUT2D eigenvalue weighted by Crippen LogP contribution is -2.30. The summed E-state index contributed by atoms with van der Waals surface area (Å²) in [5.74, 6) is -1.29. The molecule has 2 aromatic heterocycles. The maximum Gasteiger partial charge on any atom is 0.325 e. The third-order valence-corrected chi connectivity index (χ3v) is 3.39. The monoisotopic (exact) mass is 359 g/mol. The highest BCUT2D eigenvalue weighted by Gasteiger charge is 2.14. The van der Waals surface area contributed by atoms with Crippen LogP contribution in [0.5, 0.6) is 0 Å². The number of aromatic nitrogens is 2. The lowest BCUT2D eigenvalue weighted by molar-refractivity contribution is -0.144. The van der Waals surface area contributed by atoms with E-state index < -0.39 is 11.9 Å². The van der Waals surface area contributed by atoms with Crippen LogP contribution >= 0.6 is 0 Å². The average Bonchev–Trinajstić information content (AvgIpc) is 3.32. The van der Waals surface area contributed by atoms with Crippen LogP contribution in [0.1, 0.15) is 22.0 Å². The minimum absolute atomic E-state index is 0.0479. The van der Waals surface area contributed by atoms with E-state index in [0.29, 0.717) is 11.1 Å². The van der Waals surface area contributed by atoms with Gasteiger partial charge < -0.3 is 19.0 Å². The molecule has 0 atom stereocenters. The predicted octanol–water partition coefficient (Wildman–Crippen LogP) is 2.25. The molecule has 1 N–H and O–H groups in total.